The summed E-state index contributed by atoms with van der Waals surface area (Å²) in [4.78, 5) is 11.8. The predicted molar refractivity (Wildman–Crippen MR) is 59.3 cm³/mol. The van der Waals surface area contributed by atoms with Gasteiger partial charge in [0.2, 0.25) is 5.91 Å². The molecule has 16 heavy (non-hydrogen) atoms. The van der Waals surface area contributed by atoms with E-state index >= 15 is 0 Å². The summed E-state index contributed by atoms with van der Waals surface area (Å²) in [7, 11) is 0. The Labute approximate surface area is 98.0 Å². The molecule has 86 valence electrons. The first-order valence-corrected chi connectivity index (χ1v) is 5.48. The molecule has 1 fully saturated rings. The third kappa shape index (κ3) is 2.03. The van der Waals surface area contributed by atoms with E-state index < -0.39 is 5.82 Å². The number of piperidine rings is 1. The SMILES string of the molecule is NN1CCCC(c2ccc(F)c(Cl)c2)C1=O. The predicted octanol–water partition coefficient (Wildman–Crippen LogP) is 2.06. The van der Waals surface area contributed by atoms with Gasteiger partial charge in [0, 0.05) is 6.54 Å². The first kappa shape index (κ1) is 11.4. The van der Waals surface area contributed by atoms with Crippen LogP contribution >= 0.6 is 11.6 Å². The molecule has 0 bridgehead atoms. The van der Waals surface area contributed by atoms with Gasteiger partial charge in [-0.15, -0.1) is 0 Å². The number of halogens is 2. The Bertz CT molecular complexity index is 424. The third-order valence-corrected chi connectivity index (χ3v) is 3.11. The zero-order valence-electron chi connectivity index (χ0n) is 8.62. The minimum Gasteiger partial charge on any atom is -0.280 e. The highest BCUT2D eigenvalue weighted by molar-refractivity contribution is 6.30. The molecule has 3 nitrogen and oxygen atoms in total. The van der Waals surface area contributed by atoms with Crippen molar-refractivity contribution in [1.29, 1.82) is 0 Å². The van der Waals surface area contributed by atoms with Crippen molar-refractivity contribution in [3.63, 3.8) is 0 Å². The zero-order valence-corrected chi connectivity index (χ0v) is 9.38. The minimum atomic E-state index is -0.474. The number of carbonyl (C=O) groups is 1. The maximum Gasteiger partial charge on any atom is 0.244 e. The molecule has 1 unspecified atom stereocenters. The maximum atomic E-state index is 13.0. The standard InChI is InChI=1S/C11H12ClFN2O/c12-9-6-7(3-4-10(9)13)8-2-1-5-15(14)11(8)16/h3-4,6,8H,1-2,5,14H2. The van der Waals surface area contributed by atoms with Crippen molar-refractivity contribution < 1.29 is 9.18 Å². The Morgan fingerprint density at radius 2 is 2.25 bits per heavy atom. The monoisotopic (exact) mass is 242 g/mol. The minimum absolute atomic E-state index is 0.0412. The molecule has 0 aromatic heterocycles. The number of hydrogen-bond donors (Lipinski definition) is 1. The van der Waals surface area contributed by atoms with E-state index in [2.05, 4.69) is 0 Å². The highest BCUT2D eigenvalue weighted by Crippen LogP contribution is 2.29. The molecule has 1 aliphatic rings. The lowest BCUT2D eigenvalue weighted by atomic mass is 9.90. The molecular weight excluding hydrogens is 231 g/mol. The van der Waals surface area contributed by atoms with Gasteiger partial charge in [-0.25, -0.2) is 10.2 Å². The van der Waals surface area contributed by atoms with Gasteiger partial charge in [0.15, 0.2) is 0 Å². The fraction of sp³-hybridized carbons (Fsp3) is 0.364. The quantitative estimate of drug-likeness (QED) is 0.605. The second-order valence-electron chi connectivity index (χ2n) is 3.90. The van der Waals surface area contributed by atoms with Gasteiger partial charge in [-0.1, -0.05) is 17.7 Å². The molecule has 1 aliphatic heterocycles. The molecule has 0 saturated carbocycles. The van der Waals surface area contributed by atoms with Gasteiger partial charge in [0.25, 0.3) is 0 Å². The molecule has 1 aromatic carbocycles. The molecule has 1 amide bonds. The number of hydrogen-bond acceptors (Lipinski definition) is 2. The summed E-state index contributed by atoms with van der Waals surface area (Å²) in [5.41, 5.74) is 0.728. The van der Waals surface area contributed by atoms with Crippen LogP contribution in [0.5, 0.6) is 0 Å². The van der Waals surface area contributed by atoms with Crippen LogP contribution in [0.3, 0.4) is 0 Å². The maximum absolute atomic E-state index is 13.0. The Morgan fingerprint density at radius 3 is 2.94 bits per heavy atom. The van der Waals surface area contributed by atoms with Gasteiger partial charge < -0.3 is 0 Å². The van der Waals surface area contributed by atoms with Crippen LogP contribution in [0.4, 0.5) is 4.39 Å². The van der Waals surface area contributed by atoms with Gasteiger partial charge in [-0.05, 0) is 30.5 Å². The van der Waals surface area contributed by atoms with Crippen LogP contribution in [-0.4, -0.2) is 17.5 Å². The smallest absolute Gasteiger partial charge is 0.244 e. The first-order chi connectivity index (χ1) is 7.59. The van der Waals surface area contributed by atoms with E-state index in [4.69, 9.17) is 17.4 Å². The molecule has 1 heterocycles. The second-order valence-corrected chi connectivity index (χ2v) is 4.31. The largest absolute Gasteiger partial charge is 0.280 e. The van der Waals surface area contributed by atoms with E-state index in [9.17, 15) is 9.18 Å². The van der Waals surface area contributed by atoms with Gasteiger partial charge >= 0.3 is 0 Å². The van der Waals surface area contributed by atoms with Crippen molar-refractivity contribution in [3.05, 3.63) is 34.6 Å². The summed E-state index contributed by atoms with van der Waals surface area (Å²) in [5.74, 6) is 4.65. The molecule has 1 saturated heterocycles. The van der Waals surface area contributed by atoms with Crippen molar-refractivity contribution in [2.45, 2.75) is 18.8 Å². The Morgan fingerprint density at radius 1 is 1.50 bits per heavy atom. The number of hydrazine groups is 1. The number of carbonyl (C=O) groups excluding carboxylic acids is 1. The van der Waals surface area contributed by atoms with Crippen LogP contribution in [0, 0.1) is 5.82 Å². The van der Waals surface area contributed by atoms with Crippen LogP contribution in [0.15, 0.2) is 18.2 Å². The summed E-state index contributed by atoms with van der Waals surface area (Å²) in [6, 6.07) is 4.36. The van der Waals surface area contributed by atoms with Crippen molar-refractivity contribution in [1.82, 2.24) is 5.01 Å². The van der Waals surface area contributed by atoms with Crippen LogP contribution in [0.1, 0.15) is 24.3 Å². The fourth-order valence-corrected chi connectivity index (χ4v) is 2.13. The number of rotatable bonds is 1. The molecule has 0 radical (unpaired) electrons. The lowest BCUT2D eigenvalue weighted by Crippen LogP contribution is -2.44. The lowest BCUT2D eigenvalue weighted by Gasteiger charge is -2.28. The second kappa shape index (κ2) is 4.39. The normalized spacial score (nSPS) is 21.3. The lowest BCUT2D eigenvalue weighted by molar-refractivity contribution is -0.135. The van der Waals surface area contributed by atoms with Crippen LogP contribution < -0.4 is 5.84 Å². The van der Waals surface area contributed by atoms with Crippen molar-refractivity contribution >= 4 is 17.5 Å². The van der Waals surface area contributed by atoms with E-state index in [0.717, 1.165) is 18.4 Å². The Kier molecular flexibility index (Phi) is 3.12. The van der Waals surface area contributed by atoms with Gasteiger partial charge in [0.05, 0.1) is 10.9 Å². The van der Waals surface area contributed by atoms with E-state index in [1.165, 1.54) is 17.1 Å². The molecule has 1 aromatic rings. The molecule has 0 spiro atoms. The highest BCUT2D eigenvalue weighted by atomic mass is 35.5. The first-order valence-electron chi connectivity index (χ1n) is 5.10. The number of nitrogens with zero attached hydrogens (tertiary/aromatic N) is 1. The summed E-state index contributed by atoms with van der Waals surface area (Å²) >= 11 is 5.69. The number of nitrogens with two attached hydrogens (primary N) is 1. The summed E-state index contributed by atoms with van der Waals surface area (Å²) < 4.78 is 13.0. The summed E-state index contributed by atoms with van der Waals surface area (Å²) in [6.45, 7) is 0.574. The average Bonchev–Trinajstić information content (AvgIpc) is 2.26. The average molecular weight is 243 g/mol. The van der Waals surface area contributed by atoms with Crippen LogP contribution in [0.2, 0.25) is 5.02 Å². The Balaban J connectivity index is 2.29. The van der Waals surface area contributed by atoms with Crippen molar-refractivity contribution in [2.24, 2.45) is 5.84 Å². The number of benzene rings is 1. The van der Waals surface area contributed by atoms with Crippen LogP contribution in [0.25, 0.3) is 0 Å². The molecular formula is C11H12ClFN2O. The van der Waals surface area contributed by atoms with Gasteiger partial charge in [-0.2, -0.15) is 0 Å². The van der Waals surface area contributed by atoms with Crippen molar-refractivity contribution in [3.8, 4) is 0 Å². The fourth-order valence-electron chi connectivity index (χ4n) is 1.94. The molecule has 5 heteroatoms. The summed E-state index contributed by atoms with van der Waals surface area (Å²) in [5, 5.41) is 1.25. The molecule has 1 atom stereocenters. The van der Waals surface area contributed by atoms with E-state index in [1.54, 1.807) is 6.07 Å². The molecule has 2 rings (SSSR count). The molecule has 2 N–H and O–H groups in total. The van der Waals surface area contributed by atoms with Crippen LogP contribution in [-0.2, 0) is 4.79 Å². The number of amides is 1. The Hall–Kier alpha value is -1.13. The summed E-state index contributed by atoms with van der Waals surface area (Å²) in [6.07, 6.45) is 1.58. The zero-order chi connectivity index (χ0) is 11.7. The van der Waals surface area contributed by atoms with Gasteiger partial charge in [0.1, 0.15) is 5.82 Å². The molecule has 0 aliphatic carbocycles. The van der Waals surface area contributed by atoms with E-state index in [-0.39, 0.29) is 16.8 Å². The third-order valence-electron chi connectivity index (χ3n) is 2.82. The van der Waals surface area contributed by atoms with Crippen molar-refractivity contribution in [2.75, 3.05) is 6.54 Å². The van der Waals surface area contributed by atoms with Gasteiger partial charge in [-0.3, -0.25) is 9.80 Å². The highest BCUT2D eigenvalue weighted by Gasteiger charge is 2.28. The topological polar surface area (TPSA) is 46.3 Å². The van der Waals surface area contributed by atoms with E-state index in [0.29, 0.717) is 6.54 Å². The van der Waals surface area contributed by atoms with E-state index in [1.807, 2.05) is 0 Å².